The normalized spacial score (nSPS) is 17.0. The Hall–Kier alpha value is -2.80. The van der Waals surface area contributed by atoms with Crippen LogP contribution in [0.5, 0.6) is 0 Å². The molecule has 6 nitrogen and oxygen atoms in total. The molecule has 0 saturated carbocycles. The lowest BCUT2D eigenvalue weighted by Crippen LogP contribution is -2.23. The average Bonchev–Trinajstić information content (AvgIpc) is 3.07. The highest BCUT2D eigenvalue weighted by Gasteiger charge is 2.30. The predicted octanol–water partition coefficient (Wildman–Crippen LogP) is 4.05. The second kappa shape index (κ2) is 8.06. The zero-order valence-electron chi connectivity index (χ0n) is 16.6. The van der Waals surface area contributed by atoms with Crippen LogP contribution in [-0.4, -0.2) is 40.2 Å². The van der Waals surface area contributed by atoms with Gasteiger partial charge >= 0.3 is 5.97 Å². The number of amidine groups is 1. The van der Waals surface area contributed by atoms with E-state index in [2.05, 4.69) is 15.6 Å². The van der Waals surface area contributed by atoms with Gasteiger partial charge in [-0.3, -0.25) is 9.69 Å². The van der Waals surface area contributed by atoms with Crippen LogP contribution < -0.4 is 0 Å². The van der Waals surface area contributed by atoms with E-state index in [0.717, 1.165) is 17.0 Å². The first-order valence-electron chi connectivity index (χ1n) is 8.98. The van der Waals surface area contributed by atoms with Gasteiger partial charge in [0.15, 0.2) is 5.17 Å². The van der Waals surface area contributed by atoms with Crippen LogP contribution in [0.25, 0.3) is 6.08 Å². The highest BCUT2D eigenvalue weighted by molar-refractivity contribution is 8.18. The van der Waals surface area contributed by atoms with Crippen molar-refractivity contribution in [3.8, 4) is 0 Å². The van der Waals surface area contributed by atoms with Crippen molar-refractivity contribution in [3.05, 3.63) is 57.8 Å². The molecular formula is C21H23N3O3S. The predicted molar refractivity (Wildman–Crippen MR) is 113 cm³/mol. The Bertz CT molecular complexity index is 987. The first kappa shape index (κ1) is 19.9. The van der Waals surface area contributed by atoms with Crippen LogP contribution in [0.2, 0.25) is 0 Å². The van der Waals surface area contributed by atoms with Crippen molar-refractivity contribution in [2.45, 2.75) is 20.8 Å². The first-order chi connectivity index (χ1) is 13.3. The van der Waals surface area contributed by atoms with E-state index in [9.17, 15) is 9.59 Å². The maximum atomic E-state index is 12.6. The summed E-state index contributed by atoms with van der Waals surface area (Å²) in [6, 6.07) is 8.89. The lowest BCUT2D eigenvalue weighted by Gasteiger charge is -2.07. The molecule has 2 aromatic rings. The summed E-state index contributed by atoms with van der Waals surface area (Å²) < 4.78 is 7.08. The number of thioether (sulfide) groups is 1. The van der Waals surface area contributed by atoms with Gasteiger partial charge in [-0.1, -0.05) is 0 Å². The molecule has 0 N–H and O–H groups in total. The molecule has 1 fully saturated rings. The van der Waals surface area contributed by atoms with Crippen LogP contribution in [0.15, 0.2) is 40.2 Å². The van der Waals surface area contributed by atoms with Gasteiger partial charge in [-0.15, -0.1) is 0 Å². The molecule has 0 spiro atoms. The van der Waals surface area contributed by atoms with E-state index in [1.165, 1.54) is 11.8 Å². The molecule has 28 heavy (non-hydrogen) atoms. The van der Waals surface area contributed by atoms with Gasteiger partial charge in [-0.25, -0.2) is 9.79 Å². The van der Waals surface area contributed by atoms with E-state index in [-0.39, 0.29) is 11.9 Å². The number of hydrogen-bond acceptors (Lipinski definition) is 5. The van der Waals surface area contributed by atoms with Gasteiger partial charge in [0.25, 0.3) is 5.91 Å². The Morgan fingerprint density at radius 2 is 1.89 bits per heavy atom. The number of aromatic nitrogens is 1. The Labute approximate surface area is 168 Å². The molecule has 1 aromatic heterocycles. The molecule has 1 aliphatic heterocycles. The summed E-state index contributed by atoms with van der Waals surface area (Å²) in [5, 5.41) is 0.602. The van der Waals surface area contributed by atoms with Gasteiger partial charge in [0.1, 0.15) is 0 Å². The molecule has 0 aliphatic carbocycles. The number of carbonyl (C=O) groups excluding carboxylic acids is 2. The second-order valence-corrected chi connectivity index (χ2v) is 7.53. The number of amides is 1. The van der Waals surface area contributed by atoms with Crippen molar-refractivity contribution in [1.82, 2.24) is 9.47 Å². The van der Waals surface area contributed by atoms with Crippen LogP contribution in [0.4, 0.5) is 5.69 Å². The van der Waals surface area contributed by atoms with Crippen LogP contribution >= 0.6 is 11.8 Å². The van der Waals surface area contributed by atoms with Gasteiger partial charge < -0.3 is 9.30 Å². The van der Waals surface area contributed by atoms with Crippen LogP contribution in [0, 0.1) is 13.8 Å². The Morgan fingerprint density at radius 1 is 1.21 bits per heavy atom. The molecule has 0 atom stereocenters. The van der Waals surface area contributed by atoms with E-state index in [1.54, 1.807) is 43.1 Å². The summed E-state index contributed by atoms with van der Waals surface area (Å²) in [5.74, 6) is -0.434. The Balaban J connectivity index is 1.84. The molecule has 0 unspecified atom stereocenters. The third-order valence-corrected chi connectivity index (χ3v) is 5.77. The summed E-state index contributed by atoms with van der Waals surface area (Å²) in [4.78, 5) is 31.1. The minimum absolute atomic E-state index is 0.0761. The topological polar surface area (TPSA) is 63.9 Å². The van der Waals surface area contributed by atoms with Crippen molar-refractivity contribution in [3.63, 3.8) is 0 Å². The molecule has 2 heterocycles. The molecular weight excluding hydrogens is 374 g/mol. The van der Waals surface area contributed by atoms with Crippen molar-refractivity contribution in [1.29, 1.82) is 0 Å². The molecule has 1 saturated heterocycles. The summed E-state index contributed by atoms with van der Waals surface area (Å²) in [6.07, 6.45) is 1.91. The smallest absolute Gasteiger partial charge is 0.338 e. The monoisotopic (exact) mass is 397 g/mol. The quantitative estimate of drug-likeness (QED) is 0.577. The third kappa shape index (κ3) is 3.89. The zero-order chi connectivity index (χ0) is 20.4. The maximum absolute atomic E-state index is 12.6. The van der Waals surface area contributed by atoms with Crippen LogP contribution in [0.3, 0.4) is 0 Å². The minimum Gasteiger partial charge on any atom is -0.462 e. The molecule has 1 amide bonds. The van der Waals surface area contributed by atoms with E-state index in [4.69, 9.17) is 4.74 Å². The highest BCUT2D eigenvalue weighted by Crippen LogP contribution is 2.34. The number of rotatable bonds is 4. The minimum atomic E-state index is -0.358. The van der Waals surface area contributed by atoms with E-state index in [0.29, 0.717) is 27.9 Å². The van der Waals surface area contributed by atoms with Crippen molar-refractivity contribution in [2.75, 3.05) is 13.7 Å². The van der Waals surface area contributed by atoms with Crippen molar-refractivity contribution >= 4 is 40.6 Å². The molecule has 1 aromatic carbocycles. The van der Waals surface area contributed by atoms with E-state index >= 15 is 0 Å². The van der Waals surface area contributed by atoms with E-state index < -0.39 is 0 Å². The summed E-state index contributed by atoms with van der Waals surface area (Å²) in [5.41, 5.74) is 4.43. The number of carbonyl (C=O) groups is 2. The number of aryl methyl sites for hydroxylation is 1. The first-order valence-corrected chi connectivity index (χ1v) is 9.80. The molecule has 3 rings (SSSR count). The highest BCUT2D eigenvalue weighted by atomic mass is 32.2. The maximum Gasteiger partial charge on any atom is 0.338 e. The number of aliphatic imine (C=N–C) groups is 1. The number of ether oxygens (including phenoxy) is 1. The lowest BCUT2D eigenvalue weighted by molar-refractivity contribution is -0.121. The SMILES string of the molecule is CCOC(=O)c1ccc(N=C2S/C(=C/c3cc(C)n(C)c3C)C(=O)N2C)cc1. The van der Waals surface area contributed by atoms with Crippen molar-refractivity contribution in [2.24, 2.45) is 12.0 Å². The summed E-state index contributed by atoms with van der Waals surface area (Å²) >= 11 is 1.35. The average molecular weight is 398 g/mol. The van der Waals surface area contributed by atoms with E-state index in [1.807, 2.05) is 27.0 Å². The molecule has 1 aliphatic rings. The van der Waals surface area contributed by atoms with Crippen LogP contribution in [0.1, 0.15) is 34.2 Å². The van der Waals surface area contributed by atoms with Crippen molar-refractivity contribution < 1.29 is 14.3 Å². The number of hydrogen-bond donors (Lipinski definition) is 0. The fraction of sp³-hybridized carbons (Fsp3) is 0.286. The number of esters is 1. The zero-order valence-corrected chi connectivity index (χ0v) is 17.5. The van der Waals surface area contributed by atoms with Gasteiger partial charge in [0.2, 0.25) is 0 Å². The summed E-state index contributed by atoms with van der Waals surface area (Å²) in [6.45, 7) is 6.18. The summed E-state index contributed by atoms with van der Waals surface area (Å²) in [7, 11) is 3.72. The molecule has 0 radical (unpaired) electrons. The fourth-order valence-electron chi connectivity index (χ4n) is 2.82. The molecule has 7 heteroatoms. The van der Waals surface area contributed by atoms with Gasteiger partial charge in [-0.2, -0.15) is 0 Å². The lowest BCUT2D eigenvalue weighted by atomic mass is 10.2. The Morgan fingerprint density at radius 3 is 2.46 bits per heavy atom. The van der Waals surface area contributed by atoms with Crippen LogP contribution in [-0.2, 0) is 16.6 Å². The standard InChI is InChI=1S/C21H23N3O3S/c1-6-27-20(26)15-7-9-17(10-8-15)22-21-24(5)19(25)18(28-21)12-16-11-13(2)23(4)14(16)3/h7-12H,6H2,1-5H3/b18-12+,22-21?. The molecule has 0 bridgehead atoms. The second-order valence-electron chi connectivity index (χ2n) is 6.52. The number of benzene rings is 1. The fourth-order valence-corrected chi connectivity index (χ4v) is 3.80. The largest absolute Gasteiger partial charge is 0.462 e. The third-order valence-electron chi connectivity index (χ3n) is 4.71. The number of likely N-dealkylation sites (N-methyl/N-ethyl adjacent to an activating group) is 1. The van der Waals surface area contributed by atoms with Gasteiger partial charge in [0, 0.05) is 25.5 Å². The van der Waals surface area contributed by atoms with Gasteiger partial charge in [-0.05, 0) is 74.5 Å². The Kier molecular flexibility index (Phi) is 5.74. The van der Waals surface area contributed by atoms with Gasteiger partial charge in [0.05, 0.1) is 22.8 Å². The number of nitrogens with zero attached hydrogens (tertiary/aromatic N) is 3. The molecule has 146 valence electrons.